The first kappa shape index (κ1) is 20.1. The third-order valence-electron chi connectivity index (χ3n) is 6.26. The first-order chi connectivity index (χ1) is 14.5. The Bertz CT molecular complexity index is 1010. The van der Waals surface area contributed by atoms with Crippen LogP contribution in [0.4, 0.5) is 5.69 Å². The number of carbonyl (C=O) groups excluding carboxylic acids is 2. The molecule has 2 aliphatic rings. The van der Waals surface area contributed by atoms with E-state index in [0.29, 0.717) is 17.9 Å². The van der Waals surface area contributed by atoms with Crippen LogP contribution in [0.25, 0.3) is 0 Å². The molecular weight excluding hydrogens is 378 g/mol. The van der Waals surface area contributed by atoms with Gasteiger partial charge in [-0.15, -0.1) is 0 Å². The number of carbonyl (C=O) groups is 2. The molecule has 5 heteroatoms. The van der Waals surface area contributed by atoms with Crippen LogP contribution in [0.15, 0.2) is 78.9 Å². The molecule has 1 heterocycles. The van der Waals surface area contributed by atoms with Gasteiger partial charge in [-0.3, -0.25) is 9.59 Å². The van der Waals surface area contributed by atoms with Gasteiger partial charge < -0.3 is 9.84 Å². The van der Waals surface area contributed by atoms with Gasteiger partial charge in [-0.25, -0.2) is 4.90 Å². The number of aliphatic hydroxyl groups excluding tert-OH is 1. The van der Waals surface area contributed by atoms with E-state index in [2.05, 4.69) is 6.58 Å². The minimum atomic E-state index is -0.968. The van der Waals surface area contributed by atoms with Gasteiger partial charge in [0.05, 0.1) is 23.6 Å². The molecule has 1 aliphatic carbocycles. The van der Waals surface area contributed by atoms with E-state index in [1.54, 1.807) is 18.2 Å². The van der Waals surface area contributed by atoms with Crippen molar-refractivity contribution < 1.29 is 19.4 Å². The number of imide groups is 1. The lowest BCUT2D eigenvalue weighted by atomic mass is 9.60. The highest BCUT2D eigenvalue weighted by Crippen LogP contribution is 2.57. The fourth-order valence-corrected chi connectivity index (χ4v) is 4.82. The lowest BCUT2D eigenvalue weighted by molar-refractivity contribution is -0.127. The maximum atomic E-state index is 13.8. The molecule has 2 aromatic rings. The number of hydrogen-bond donors (Lipinski definition) is 1. The third kappa shape index (κ3) is 2.97. The van der Waals surface area contributed by atoms with E-state index in [1.807, 2.05) is 55.5 Å². The van der Waals surface area contributed by atoms with Gasteiger partial charge in [0.2, 0.25) is 11.8 Å². The second kappa shape index (κ2) is 7.92. The van der Waals surface area contributed by atoms with Crippen LogP contribution in [0, 0.1) is 11.3 Å². The molecule has 5 nitrogen and oxygen atoms in total. The van der Waals surface area contributed by atoms with Crippen LogP contribution in [0.2, 0.25) is 0 Å². The molecule has 4 rings (SSSR count). The van der Waals surface area contributed by atoms with E-state index < -0.39 is 11.3 Å². The Morgan fingerprint density at radius 3 is 2.57 bits per heavy atom. The van der Waals surface area contributed by atoms with Crippen LogP contribution in [0.5, 0.6) is 5.75 Å². The number of anilines is 1. The summed E-state index contributed by atoms with van der Waals surface area (Å²) in [4.78, 5) is 28.5. The Balaban J connectivity index is 1.86. The Morgan fingerprint density at radius 2 is 1.87 bits per heavy atom. The SMILES string of the molecule is C=CC1=CCC2C(=O)N(c3ccccc3)C(=O)C2(C)C1c1ccccc1OCCO. The van der Waals surface area contributed by atoms with Crippen molar-refractivity contribution >= 4 is 17.5 Å². The van der Waals surface area contributed by atoms with Gasteiger partial charge in [0, 0.05) is 11.5 Å². The Kier molecular flexibility index (Phi) is 5.31. The first-order valence-electron chi connectivity index (χ1n) is 10.1. The van der Waals surface area contributed by atoms with E-state index in [9.17, 15) is 14.7 Å². The predicted octanol–water partition coefficient (Wildman–Crippen LogP) is 3.85. The van der Waals surface area contributed by atoms with Crippen molar-refractivity contribution in [1.82, 2.24) is 0 Å². The summed E-state index contributed by atoms with van der Waals surface area (Å²) in [6.07, 6.45) is 4.26. The molecule has 0 spiro atoms. The monoisotopic (exact) mass is 403 g/mol. The van der Waals surface area contributed by atoms with Crippen LogP contribution in [-0.4, -0.2) is 30.1 Å². The molecule has 0 saturated carbocycles. The van der Waals surface area contributed by atoms with Gasteiger partial charge in [-0.2, -0.15) is 0 Å². The molecule has 30 heavy (non-hydrogen) atoms. The first-order valence-corrected chi connectivity index (χ1v) is 10.1. The summed E-state index contributed by atoms with van der Waals surface area (Å²) in [5.41, 5.74) is 1.35. The van der Waals surface area contributed by atoms with Crippen molar-refractivity contribution in [1.29, 1.82) is 0 Å². The van der Waals surface area contributed by atoms with E-state index >= 15 is 0 Å². The van der Waals surface area contributed by atoms with Crippen molar-refractivity contribution in [2.75, 3.05) is 18.1 Å². The summed E-state index contributed by atoms with van der Waals surface area (Å²) in [5.74, 6) is -0.631. The van der Waals surface area contributed by atoms with Crippen LogP contribution in [0.3, 0.4) is 0 Å². The highest BCUT2D eigenvalue weighted by atomic mass is 16.5. The number of rotatable bonds is 6. The zero-order valence-corrected chi connectivity index (χ0v) is 17.0. The third-order valence-corrected chi connectivity index (χ3v) is 6.26. The maximum Gasteiger partial charge on any atom is 0.241 e. The molecule has 0 radical (unpaired) electrons. The maximum absolute atomic E-state index is 13.8. The number of aliphatic hydroxyl groups is 1. The highest BCUT2D eigenvalue weighted by Gasteiger charge is 2.62. The molecule has 0 aromatic heterocycles. The van der Waals surface area contributed by atoms with Gasteiger partial charge in [-0.1, -0.05) is 55.1 Å². The average Bonchev–Trinajstić information content (AvgIpc) is 2.97. The molecule has 3 unspecified atom stereocenters. The summed E-state index contributed by atoms with van der Waals surface area (Å²) < 4.78 is 5.78. The second-order valence-electron chi connectivity index (χ2n) is 7.84. The number of amides is 2. The van der Waals surface area contributed by atoms with Crippen LogP contribution in [-0.2, 0) is 9.59 Å². The van der Waals surface area contributed by atoms with Crippen molar-refractivity contribution in [3.05, 3.63) is 84.5 Å². The standard InChI is InChI=1S/C25H25NO4/c1-3-17-13-14-20-23(28)26(18-9-5-4-6-10-18)24(29)25(20,2)22(17)19-11-7-8-12-21(19)30-16-15-27/h3-13,20,22,27H,1,14-16H2,2H3. The smallest absolute Gasteiger partial charge is 0.241 e. The van der Waals surface area contributed by atoms with Crippen molar-refractivity contribution in [3.8, 4) is 5.75 Å². The summed E-state index contributed by atoms with van der Waals surface area (Å²) in [7, 11) is 0. The number of ether oxygens (including phenoxy) is 1. The van der Waals surface area contributed by atoms with Crippen LogP contribution in [0.1, 0.15) is 24.8 Å². The second-order valence-corrected chi connectivity index (χ2v) is 7.84. The zero-order chi connectivity index (χ0) is 21.3. The highest BCUT2D eigenvalue weighted by molar-refractivity contribution is 6.24. The Labute approximate surface area is 176 Å². The number of nitrogens with zero attached hydrogens (tertiary/aromatic N) is 1. The van der Waals surface area contributed by atoms with E-state index in [4.69, 9.17) is 4.74 Å². The minimum Gasteiger partial charge on any atom is -0.491 e. The number of hydrogen-bond acceptors (Lipinski definition) is 4. The van der Waals surface area contributed by atoms with Gasteiger partial charge in [0.15, 0.2) is 0 Å². The summed E-state index contributed by atoms with van der Waals surface area (Å²) in [6.45, 7) is 5.88. The molecule has 154 valence electrons. The zero-order valence-electron chi connectivity index (χ0n) is 17.0. The normalized spacial score (nSPS) is 25.7. The van der Waals surface area contributed by atoms with Gasteiger partial charge in [-0.05, 0) is 37.1 Å². The quantitative estimate of drug-likeness (QED) is 0.744. The molecule has 1 N–H and O–H groups in total. The Morgan fingerprint density at radius 1 is 1.17 bits per heavy atom. The van der Waals surface area contributed by atoms with Crippen molar-refractivity contribution in [3.63, 3.8) is 0 Å². The molecule has 2 aromatic carbocycles. The molecule has 0 bridgehead atoms. The Hall–Kier alpha value is -3.18. The molecule has 3 atom stereocenters. The van der Waals surface area contributed by atoms with Crippen LogP contribution < -0.4 is 9.64 Å². The number of benzene rings is 2. The van der Waals surface area contributed by atoms with Crippen molar-refractivity contribution in [2.24, 2.45) is 11.3 Å². The van der Waals surface area contributed by atoms with Crippen LogP contribution >= 0.6 is 0 Å². The van der Waals surface area contributed by atoms with Crippen molar-refractivity contribution in [2.45, 2.75) is 19.3 Å². The lowest BCUT2D eigenvalue weighted by Gasteiger charge is -2.40. The molecule has 2 amide bonds. The van der Waals surface area contributed by atoms with E-state index in [0.717, 1.165) is 11.1 Å². The lowest BCUT2D eigenvalue weighted by Crippen LogP contribution is -2.41. The molecular formula is C25H25NO4. The van der Waals surface area contributed by atoms with E-state index in [1.165, 1.54) is 4.90 Å². The average molecular weight is 403 g/mol. The van der Waals surface area contributed by atoms with Gasteiger partial charge in [0.25, 0.3) is 0 Å². The topological polar surface area (TPSA) is 66.8 Å². The summed E-state index contributed by atoms with van der Waals surface area (Å²) in [5, 5.41) is 9.21. The summed E-state index contributed by atoms with van der Waals surface area (Å²) >= 11 is 0. The molecule has 1 aliphatic heterocycles. The van der Waals surface area contributed by atoms with Gasteiger partial charge in [0.1, 0.15) is 12.4 Å². The van der Waals surface area contributed by atoms with Gasteiger partial charge >= 0.3 is 0 Å². The number of para-hydroxylation sites is 2. The number of fused-ring (bicyclic) bond motifs is 1. The molecule has 1 saturated heterocycles. The number of allylic oxidation sites excluding steroid dienone is 3. The minimum absolute atomic E-state index is 0.109. The molecule has 1 fully saturated rings. The fourth-order valence-electron chi connectivity index (χ4n) is 4.82. The summed E-state index contributed by atoms with van der Waals surface area (Å²) in [6, 6.07) is 16.6. The van der Waals surface area contributed by atoms with E-state index in [-0.39, 0.29) is 30.9 Å². The largest absolute Gasteiger partial charge is 0.491 e. The fraction of sp³-hybridized carbons (Fsp3) is 0.280. The predicted molar refractivity (Wildman–Crippen MR) is 115 cm³/mol.